The van der Waals surface area contributed by atoms with E-state index in [-0.39, 0.29) is 23.8 Å². The fraction of sp³-hybridized carbons (Fsp3) is 0.833. The van der Waals surface area contributed by atoms with Gasteiger partial charge in [0.2, 0.25) is 6.61 Å². The summed E-state index contributed by atoms with van der Waals surface area (Å²) in [4.78, 5) is 10.6. The highest BCUT2D eigenvalue weighted by Crippen LogP contribution is 1.88. The van der Waals surface area contributed by atoms with Crippen LogP contribution in [-0.4, -0.2) is 31.7 Å². The molecule has 0 amide bonds. The van der Waals surface area contributed by atoms with Crippen molar-refractivity contribution in [2.24, 2.45) is 0 Å². The molecule has 3 nitrogen and oxygen atoms in total. The summed E-state index contributed by atoms with van der Waals surface area (Å²) in [6, 6.07) is 0. The summed E-state index contributed by atoms with van der Waals surface area (Å²) in [6.07, 6.45) is 3.80. The summed E-state index contributed by atoms with van der Waals surface area (Å²) < 4.78 is 9.64. The van der Waals surface area contributed by atoms with Crippen LogP contribution in [0, 0.1) is 0 Å². The van der Waals surface area contributed by atoms with Crippen molar-refractivity contribution in [3.8, 4) is 0 Å². The van der Waals surface area contributed by atoms with Crippen LogP contribution in [0.15, 0.2) is 0 Å². The number of esters is 1. The van der Waals surface area contributed by atoms with Crippen molar-refractivity contribution in [1.29, 1.82) is 0 Å². The number of carbonyl (C=O) groups excluding carboxylic acids is 1. The summed E-state index contributed by atoms with van der Waals surface area (Å²) in [6.45, 7) is 2.27. The second-order valence-corrected chi connectivity index (χ2v) is 3.53. The molecule has 0 aliphatic carbocycles. The minimum absolute atomic E-state index is 0.0734. The van der Waals surface area contributed by atoms with Crippen LogP contribution in [0.5, 0.6) is 0 Å². The first-order valence-corrected chi connectivity index (χ1v) is 5.00. The van der Waals surface area contributed by atoms with Crippen molar-refractivity contribution in [2.75, 3.05) is 25.7 Å². The lowest BCUT2D eigenvalue weighted by Crippen LogP contribution is -2.15. The van der Waals surface area contributed by atoms with E-state index in [1.165, 1.54) is 0 Å². The van der Waals surface area contributed by atoms with Gasteiger partial charge in [0.15, 0.2) is 0 Å². The monoisotopic (exact) mass is 165 g/mol. The summed E-state index contributed by atoms with van der Waals surface area (Å²) >= 11 is -0.141. The van der Waals surface area contributed by atoms with Crippen molar-refractivity contribution < 1.29 is 13.7 Å². The van der Waals surface area contributed by atoms with Crippen LogP contribution in [-0.2, 0) is 24.9 Å². The average Bonchev–Trinajstić information content (AvgIpc) is 1.85. The third-order valence-corrected chi connectivity index (χ3v) is 1.31. The Balaban J connectivity index is 3.22. The Morgan fingerprint density at radius 2 is 2.10 bits per heavy atom. The fourth-order valence-electron chi connectivity index (χ4n) is 0.369. The van der Waals surface area contributed by atoms with Crippen molar-refractivity contribution >= 4 is 17.1 Å². The van der Waals surface area contributed by atoms with E-state index in [4.69, 9.17) is 4.18 Å². The van der Waals surface area contributed by atoms with E-state index in [1.54, 1.807) is 6.92 Å². The summed E-state index contributed by atoms with van der Waals surface area (Å²) in [5.74, 6) is -0.288. The van der Waals surface area contributed by atoms with E-state index >= 15 is 0 Å². The van der Waals surface area contributed by atoms with Crippen LogP contribution in [0.3, 0.4) is 0 Å². The minimum atomic E-state index is -0.288. The van der Waals surface area contributed by atoms with Crippen molar-refractivity contribution in [2.45, 2.75) is 6.92 Å². The maximum Gasteiger partial charge on any atom is 0.337 e. The molecule has 0 bridgehead atoms. The van der Waals surface area contributed by atoms with Crippen molar-refractivity contribution in [3.05, 3.63) is 0 Å². The van der Waals surface area contributed by atoms with Gasteiger partial charge >= 0.3 is 5.97 Å². The molecule has 0 aromatic rings. The first-order chi connectivity index (χ1) is 4.66. The van der Waals surface area contributed by atoms with Gasteiger partial charge in [-0.25, -0.2) is 4.79 Å². The maximum absolute atomic E-state index is 10.6. The highest BCUT2D eigenvalue weighted by Gasteiger charge is 2.08. The van der Waals surface area contributed by atoms with E-state index in [2.05, 4.69) is 4.74 Å². The Labute approximate surface area is 64.3 Å². The third-order valence-electron chi connectivity index (χ3n) is 0.718. The molecule has 0 aromatic carbocycles. The predicted molar refractivity (Wildman–Crippen MR) is 41.8 cm³/mol. The molecular weight excluding hydrogens is 152 g/mol. The highest BCUT2D eigenvalue weighted by molar-refractivity contribution is 7.90. The van der Waals surface area contributed by atoms with E-state index in [0.717, 1.165) is 0 Å². The fourth-order valence-corrected chi connectivity index (χ4v) is 0.701. The molecule has 0 aliphatic rings. The zero-order chi connectivity index (χ0) is 7.98. The number of hydrogen-bond donors (Lipinski definition) is 0. The molecule has 10 heavy (non-hydrogen) atoms. The number of carbonyl (C=O) groups is 1. The Morgan fingerprint density at radius 3 is 2.50 bits per heavy atom. The standard InChI is InChI=1S/C6H13O3S/c1-4-8-6(7)5-9-10(2)3/h4-5H2,1-3H3/q+1. The quantitative estimate of drug-likeness (QED) is 0.445. The van der Waals surface area contributed by atoms with Crippen molar-refractivity contribution in [3.63, 3.8) is 0 Å². The van der Waals surface area contributed by atoms with Crippen LogP contribution >= 0.6 is 0 Å². The van der Waals surface area contributed by atoms with Gasteiger partial charge in [-0.1, -0.05) is 0 Å². The topological polar surface area (TPSA) is 35.5 Å². The minimum Gasteiger partial charge on any atom is -0.464 e. The van der Waals surface area contributed by atoms with Crippen LogP contribution in [0.25, 0.3) is 0 Å². The molecule has 0 unspecified atom stereocenters. The molecule has 0 fully saturated rings. The van der Waals surface area contributed by atoms with Crippen molar-refractivity contribution in [1.82, 2.24) is 0 Å². The van der Waals surface area contributed by atoms with Gasteiger partial charge in [-0.15, -0.1) is 0 Å². The molecule has 0 radical (unpaired) electrons. The van der Waals surface area contributed by atoms with Gasteiger partial charge in [0.25, 0.3) is 0 Å². The van der Waals surface area contributed by atoms with Gasteiger partial charge in [-0.3, -0.25) is 0 Å². The number of hydrogen-bond acceptors (Lipinski definition) is 3. The smallest absolute Gasteiger partial charge is 0.337 e. The zero-order valence-electron chi connectivity index (χ0n) is 6.55. The van der Waals surface area contributed by atoms with Gasteiger partial charge in [-0.2, -0.15) is 4.18 Å². The second-order valence-electron chi connectivity index (χ2n) is 1.81. The van der Waals surface area contributed by atoms with Gasteiger partial charge in [0.1, 0.15) is 23.7 Å². The van der Waals surface area contributed by atoms with Crippen LogP contribution < -0.4 is 0 Å². The van der Waals surface area contributed by atoms with Gasteiger partial charge < -0.3 is 4.74 Å². The van der Waals surface area contributed by atoms with Gasteiger partial charge in [-0.05, 0) is 6.92 Å². The molecule has 4 heteroatoms. The van der Waals surface area contributed by atoms with E-state index in [1.807, 2.05) is 12.5 Å². The molecule has 0 N–H and O–H groups in total. The Hall–Kier alpha value is -0.220. The zero-order valence-corrected chi connectivity index (χ0v) is 7.36. The van der Waals surface area contributed by atoms with Crippen LogP contribution in [0.4, 0.5) is 0 Å². The first-order valence-electron chi connectivity index (χ1n) is 3.03. The molecule has 0 aromatic heterocycles. The molecule has 0 heterocycles. The maximum atomic E-state index is 10.6. The molecule has 60 valence electrons. The second kappa shape index (κ2) is 5.56. The Kier molecular flexibility index (Phi) is 5.43. The number of rotatable bonds is 4. The van der Waals surface area contributed by atoms with Gasteiger partial charge in [0.05, 0.1) is 6.61 Å². The van der Waals surface area contributed by atoms with E-state index < -0.39 is 0 Å². The SMILES string of the molecule is CCOC(=O)CO[S+](C)C. The summed E-state index contributed by atoms with van der Waals surface area (Å²) in [5.41, 5.74) is 0. The Morgan fingerprint density at radius 1 is 1.50 bits per heavy atom. The predicted octanol–water partition coefficient (Wildman–Crippen LogP) is 0.359. The number of ether oxygens (including phenoxy) is 1. The lowest BCUT2D eigenvalue weighted by molar-refractivity contribution is -0.145. The van der Waals surface area contributed by atoms with Crippen LogP contribution in [0.1, 0.15) is 6.92 Å². The molecule has 0 spiro atoms. The van der Waals surface area contributed by atoms with E-state index in [0.29, 0.717) is 6.61 Å². The average molecular weight is 165 g/mol. The lowest BCUT2D eigenvalue weighted by atomic mass is 10.7. The largest absolute Gasteiger partial charge is 0.464 e. The summed E-state index contributed by atoms with van der Waals surface area (Å²) in [5, 5.41) is 0. The molecule has 0 saturated carbocycles. The third kappa shape index (κ3) is 5.91. The summed E-state index contributed by atoms with van der Waals surface area (Å²) in [7, 11) is 0. The molecule has 0 aliphatic heterocycles. The molecule has 0 atom stereocenters. The molecule has 0 rings (SSSR count). The molecule has 0 saturated heterocycles. The van der Waals surface area contributed by atoms with Crippen LogP contribution in [0.2, 0.25) is 0 Å². The van der Waals surface area contributed by atoms with E-state index in [9.17, 15) is 4.79 Å². The first kappa shape index (κ1) is 9.78. The van der Waals surface area contributed by atoms with Gasteiger partial charge in [0, 0.05) is 0 Å². The lowest BCUT2D eigenvalue weighted by Gasteiger charge is -1.98. The normalized spacial score (nSPS) is 10.0. The molecular formula is C6H13O3S+. The Bertz CT molecular complexity index is 103. The highest BCUT2D eigenvalue weighted by atomic mass is 32.2.